The fourth-order valence-electron chi connectivity index (χ4n) is 2.30. The van der Waals surface area contributed by atoms with Crippen LogP contribution in [0, 0.1) is 0 Å². The second kappa shape index (κ2) is 7.09. The normalized spacial score (nSPS) is 12.3. The Morgan fingerprint density at radius 3 is 2.60 bits per heavy atom. The van der Waals surface area contributed by atoms with E-state index in [-0.39, 0.29) is 12.1 Å². The lowest BCUT2D eigenvalue weighted by Gasteiger charge is -2.14. The molecule has 0 aliphatic rings. The summed E-state index contributed by atoms with van der Waals surface area (Å²) < 4.78 is 5.49. The maximum Gasteiger partial charge on any atom is 0.306 e. The van der Waals surface area contributed by atoms with Crippen molar-refractivity contribution in [2.24, 2.45) is 0 Å². The van der Waals surface area contributed by atoms with Gasteiger partial charge < -0.3 is 4.74 Å². The Hall–Kier alpha value is -1.83. The first-order chi connectivity index (χ1) is 9.70. The minimum Gasteiger partial charge on any atom is -0.458 e. The van der Waals surface area contributed by atoms with Crippen molar-refractivity contribution >= 4 is 16.7 Å². The minimum absolute atomic E-state index is 0.0980. The van der Waals surface area contributed by atoms with Gasteiger partial charge in [-0.15, -0.1) is 0 Å². The molecule has 0 unspecified atom stereocenters. The first kappa shape index (κ1) is 14.6. The topological polar surface area (TPSA) is 26.3 Å². The third-order valence-electron chi connectivity index (χ3n) is 3.54. The van der Waals surface area contributed by atoms with Gasteiger partial charge in [0.2, 0.25) is 0 Å². The molecule has 20 heavy (non-hydrogen) atoms. The summed E-state index contributed by atoms with van der Waals surface area (Å²) in [4.78, 5) is 11.7. The molecule has 2 aromatic rings. The number of hydrogen-bond acceptors (Lipinski definition) is 2. The van der Waals surface area contributed by atoms with Gasteiger partial charge in [0.05, 0.1) is 0 Å². The van der Waals surface area contributed by atoms with Crippen LogP contribution in [-0.4, -0.2) is 5.97 Å². The Labute approximate surface area is 120 Å². The van der Waals surface area contributed by atoms with Crippen molar-refractivity contribution in [3.8, 4) is 0 Å². The van der Waals surface area contributed by atoms with E-state index in [9.17, 15) is 4.79 Å². The van der Waals surface area contributed by atoms with Gasteiger partial charge in [0.15, 0.2) is 0 Å². The van der Waals surface area contributed by atoms with E-state index >= 15 is 0 Å². The van der Waals surface area contributed by atoms with Crippen LogP contribution in [0.5, 0.6) is 0 Å². The van der Waals surface area contributed by atoms with Gasteiger partial charge in [0.25, 0.3) is 0 Å². The van der Waals surface area contributed by atoms with Crippen molar-refractivity contribution in [3.05, 3.63) is 48.0 Å². The molecule has 0 saturated carbocycles. The smallest absolute Gasteiger partial charge is 0.306 e. The van der Waals surface area contributed by atoms with E-state index in [1.165, 1.54) is 10.8 Å². The maximum atomic E-state index is 11.7. The van der Waals surface area contributed by atoms with Gasteiger partial charge in [-0.3, -0.25) is 4.79 Å². The Balaban J connectivity index is 2.00. The van der Waals surface area contributed by atoms with E-state index in [1.54, 1.807) is 0 Å². The zero-order valence-electron chi connectivity index (χ0n) is 12.3. The predicted molar refractivity (Wildman–Crippen MR) is 82.6 cm³/mol. The van der Waals surface area contributed by atoms with E-state index in [4.69, 9.17) is 4.74 Å². The fourth-order valence-corrected chi connectivity index (χ4v) is 2.30. The van der Waals surface area contributed by atoms with Gasteiger partial charge >= 0.3 is 5.97 Å². The zero-order valence-corrected chi connectivity index (χ0v) is 12.3. The Morgan fingerprint density at radius 2 is 1.85 bits per heavy atom. The van der Waals surface area contributed by atoms with Gasteiger partial charge in [-0.25, -0.2) is 0 Å². The van der Waals surface area contributed by atoms with Crippen LogP contribution in [0.15, 0.2) is 42.5 Å². The van der Waals surface area contributed by atoms with Crippen LogP contribution in [-0.2, 0) is 9.53 Å². The number of unbranched alkanes of at least 4 members (excludes halogenated alkanes) is 2. The number of fused-ring (bicyclic) bond motifs is 1. The van der Waals surface area contributed by atoms with Crippen molar-refractivity contribution in [1.82, 2.24) is 0 Å². The number of rotatable bonds is 6. The van der Waals surface area contributed by atoms with Crippen LogP contribution in [0.1, 0.15) is 51.2 Å². The van der Waals surface area contributed by atoms with Crippen LogP contribution < -0.4 is 0 Å². The SMILES string of the molecule is CCCCCC(=O)O[C@H](C)c1ccc2ccccc2c1. The molecule has 2 rings (SSSR count). The molecule has 0 bridgehead atoms. The Morgan fingerprint density at radius 1 is 1.10 bits per heavy atom. The maximum absolute atomic E-state index is 11.7. The number of ether oxygens (including phenoxy) is 1. The summed E-state index contributed by atoms with van der Waals surface area (Å²) in [6.07, 6.45) is 3.45. The molecule has 106 valence electrons. The summed E-state index contributed by atoms with van der Waals surface area (Å²) in [6, 6.07) is 14.4. The minimum atomic E-state index is -0.186. The van der Waals surface area contributed by atoms with Crippen LogP contribution in [0.4, 0.5) is 0 Å². The Kier molecular flexibility index (Phi) is 5.16. The molecule has 0 heterocycles. The monoisotopic (exact) mass is 270 g/mol. The average Bonchev–Trinajstić information content (AvgIpc) is 2.47. The molecule has 0 aromatic heterocycles. The van der Waals surface area contributed by atoms with E-state index < -0.39 is 0 Å². The molecule has 0 radical (unpaired) electrons. The van der Waals surface area contributed by atoms with Crippen molar-refractivity contribution in [2.75, 3.05) is 0 Å². The number of carbonyl (C=O) groups is 1. The lowest BCUT2D eigenvalue weighted by atomic mass is 10.0. The largest absolute Gasteiger partial charge is 0.458 e. The first-order valence-electron chi connectivity index (χ1n) is 7.39. The highest BCUT2D eigenvalue weighted by atomic mass is 16.5. The van der Waals surface area contributed by atoms with E-state index in [1.807, 2.05) is 25.1 Å². The molecule has 0 fully saturated rings. The highest BCUT2D eigenvalue weighted by molar-refractivity contribution is 5.83. The van der Waals surface area contributed by atoms with E-state index in [2.05, 4.69) is 31.2 Å². The van der Waals surface area contributed by atoms with E-state index in [0.29, 0.717) is 6.42 Å². The third-order valence-corrected chi connectivity index (χ3v) is 3.54. The van der Waals surface area contributed by atoms with Gasteiger partial charge in [-0.05, 0) is 35.7 Å². The van der Waals surface area contributed by atoms with Crippen molar-refractivity contribution < 1.29 is 9.53 Å². The molecular formula is C18H22O2. The van der Waals surface area contributed by atoms with Gasteiger partial charge in [-0.2, -0.15) is 0 Å². The number of benzene rings is 2. The molecule has 0 amide bonds. The zero-order chi connectivity index (χ0) is 14.4. The van der Waals surface area contributed by atoms with Crippen molar-refractivity contribution in [1.29, 1.82) is 0 Å². The molecule has 1 atom stereocenters. The lowest BCUT2D eigenvalue weighted by molar-refractivity contribution is -0.148. The number of carbonyl (C=O) groups excluding carboxylic acids is 1. The standard InChI is InChI=1S/C18H22O2/c1-3-4-5-10-18(19)20-14(2)16-12-11-15-8-6-7-9-17(15)13-16/h6-9,11-14H,3-5,10H2,1-2H3/t14-/m1/s1. The van der Waals surface area contributed by atoms with Crippen LogP contribution in [0.25, 0.3) is 10.8 Å². The first-order valence-corrected chi connectivity index (χ1v) is 7.39. The molecular weight excluding hydrogens is 248 g/mol. The second-order valence-corrected chi connectivity index (χ2v) is 5.20. The van der Waals surface area contributed by atoms with Crippen LogP contribution in [0.3, 0.4) is 0 Å². The van der Waals surface area contributed by atoms with Crippen molar-refractivity contribution in [2.45, 2.75) is 45.6 Å². The summed E-state index contributed by atoms with van der Waals surface area (Å²) in [5.74, 6) is -0.0980. The van der Waals surface area contributed by atoms with Crippen LogP contribution in [0.2, 0.25) is 0 Å². The van der Waals surface area contributed by atoms with Crippen molar-refractivity contribution in [3.63, 3.8) is 0 Å². The predicted octanol–water partition coefficient (Wildman–Crippen LogP) is 5.02. The molecule has 0 spiro atoms. The average molecular weight is 270 g/mol. The molecule has 0 aliphatic carbocycles. The van der Waals surface area contributed by atoms with Gasteiger partial charge in [-0.1, -0.05) is 56.2 Å². The summed E-state index contributed by atoms with van der Waals surface area (Å²) in [7, 11) is 0. The molecule has 2 heteroatoms. The Bertz CT molecular complexity index is 574. The summed E-state index contributed by atoms with van der Waals surface area (Å²) in [6.45, 7) is 4.06. The second-order valence-electron chi connectivity index (χ2n) is 5.20. The highest BCUT2D eigenvalue weighted by Crippen LogP contribution is 2.23. The number of esters is 1. The molecule has 2 nitrogen and oxygen atoms in total. The molecule has 0 aliphatic heterocycles. The summed E-state index contributed by atoms with van der Waals surface area (Å²) in [5, 5.41) is 2.39. The molecule has 0 saturated heterocycles. The lowest BCUT2D eigenvalue weighted by Crippen LogP contribution is -2.08. The number of hydrogen-bond donors (Lipinski definition) is 0. The van der Waals surface area contributed by atoms with Gasteiger partial charge in [0, 0.05) is 6.42 Å². The summed E-state index contributed by atoms with van der Waals surface area (Å²) >= 11 is 0. The van der Waals surface area contributed by atoms with E-state index in [0.717, 1.165) is 24.8 Å². The highest BCUT2D eigenvalue weighted by Gasteiger charge is 2.11. The molecule has 2 aromatic carbocycles. The van der Waals surface area contributed by atoms with Crippen LogP contribution >= 0.6 is 0 Å². The summed E-state index contributed by atoms with van der Waals surface area (Å²) in [5.41, 5.74) is 1.05. The molecule has 0 N–H and O–H groups in total. The quantitative estimate of drug-likeness (QED) is 0.544. The third kappa shape index (κ3) is 3.83. The fraction of sp³-hybridized carbons (Fsp3) is 0.389. The van der Waals surface area contributed by atoms with Gasteiger partial charge in [0.1, 0.15) is 6.10 Å².